The summed E-state index contributed by atoms with van der Waals surface area (Å²) in [5.74, 6) is 0.739. The van der Waals surface area contributed by atoms with Gasteiger partial charge in [0.1, 0.15) is 18.4 Å². The Morgan fingerprint density at radius 2 is 1.94 bits per heavy atom. The molecule has 0 saturated carbocycles. The van der Waals surface area contributed by atoms with Crippen molar-refractivity contribution >= 4 is 23.7 Å². The van der Waals surface area contributed by atoms with Crippen molar-refractivity contribution in [3.8, 4) is 0 Å². The number of hydroxylamine groups is 1. The smallest absolute Gasteiger partial charge is 0.135 e. The summed E-state index contributed by atoms with van der Waals surface area (Å²) in [7, 11) is 1.56. The molecule has 1 fully saturated rings. The van der Waals surface area contributed by atoms with E-state index < -0.39 is 12.0 Å². The molecule has 1 aromatic carbocycles. The zero-order chi connectivity index (χ0) is 22.0. The largest absolute Gasteiger partial charge is 0.387 e. The lowest BCUT2D eigenvalue weighted by Crippen LogP contribution is -2.57. The van der Waals surface area contributed by atoms with Gasteiger partial charge in [-0.25, -0.2) is 9.97 Å². The molecule has 2 aliphatic rings. The van der Waals surface area contributed by atoms with Crippen LogP contribution in [0.15, 0.2) is 30.6 Å². The van der Waals surface area contributed by atoms with Gasteiger partial charge in [0.05, 0.1) is 31.0 Å². The number of rotatable bonds is 7. The Bertz CT molecular complexity index is 905. The van der Waals surface area contributed by atoms with Gasteiger partial charge >= 0.3 is 0 Å². The second kappa shape index (κ2) is 9.58. The molecule has 9 heteroatoms. The van der Waals surface area contributed by atoms with Crippen LogP contribution in [0.1, 0.15) is 48.1 Å². The van der Waals surface area contributed by atoms with Crippen LogP contribution in [0.5, 0.6) is 0 Å². The number of carbonyl (C=O) groups is 1. The molecule has 4 rings (SSSR count). The number of hydrogen-bond acceptors (Lipinski definition) is 8. The number of halogens is 1. The van der Waals surface area contributed by atoms with Crippen molar-refractivity contribution in [3.05, 3.63) is 52.4 Å². The van der Waals surface area contributed by atoms with Crippen LogP contribution in [0, 0.1) is 0 Å². The third-order valence-electron chi connectivity index (χ3n) is 6.27. The van der Waals surface area contributed by atoms with Crippen LogP contribution in [0.25, 0.3) is 0 Å². The fourth-order valence-electron chi connectivity index (χ4n) is 4.68. The summed E-state index contributed by atoms with van der Waals surface area (Å²) in [6.07, 6.45) is 2.36. The lowest BCUT2D eigenvalue weighted by Gasteiger charge is -2.41. The molecule has 2 heterocycles. The first-order valence-corrected chi connectivity index (χ1v) is 10.9. The summed E-state index contributed by atoms with van der Waals surface area (Å²) in [5, 5.41) is 10.9. The van der Waals surface area contributed by atoms with Crippen molar-refractivity contribution in [1.29, 1.82) is 0 Å². The normalized spacial score (nSPS) is 23.4. The number of nitrogens with one attached hydrogen (secondary N) is 1. The van der Waals surface area contributed by atoms with Crippen molar-refractivity contribution in [2.75, 3.05) is 38.2 Å². The molecular formula is C22H28ClN5O3. The number of benzene rings is 1. The number of carbonyl (C=O) groups excluding carboxylic acids is 1. The Balaban J connectivity index is 1.50. The summed E-state index contributed by atoms with van der Waals surface area (Å²) in [4.78, 5) is 30.6. The summed E-state index contributed by atoms with van der Waals surface area (Å²) < 4.78 is 0. The fraction of sp³-hybridized carbons (Fsp3) is 0.500. The molecule has 0 amide bonds. The second-order valence-corrected chi connectivity index (χ2v) is 8.59. The first-order valence-electron chi connectivity index (χ1n) is 10.5. The molecular weight excluding hydrogens is 418 g/mol. The van der Waals surface area contributed by atoms with Gasteiger partial charge in [0.25, 0.3) is 0 Å². The number of piperazine rings is 1. The van der Waals surface area contributed by atoms with Crippen molar-refractivity contribution in [3.63, 3.8) is 0 Å². The van der Waals surface area contributed by atoms with Crippen molar-refractivity contribution in [1.82, 2.24) is 20.3 Å². The lowest BCUT2D eigenvalue weighted by molar-refractivity contribution is -0.113. The Hall–Kier alpha value is -2.10. The molecule has 1 aliphatic carbocycles. The number of nitrogens with zero attached hydrogens (tertiary/aromatic N) is 4. The van der Waals surface area contributed by atoms with Gasteiger partial charge in [0, 0.05) is 36.8 Å². The first kappa shape index (κ1) is 22.1. The third kappa shape index (κ3) is 4.44. The highest BCUT2D eigenvalue weighted by Gasteiger charge is 2.35. The zero-order valence-corrected chi connectivity index (χ0v) is 18.5. The van der Waals surface area contributed by atoms with E-state index in [1.54, 1.807) is 25.6 Å². The maximum Gasteiger partial charge on any atom is 0.135 e. The molecule has 8 nitrogen and oxygen atoms in total. The molecule has 31 heavy (non-hydrogen) atoms. The van der Waals surface area contributed by atoms with Crippen LogP contribution >= 0.6 is 11.6 Å². The maximum absolute atomic E-state index is 12.0. The quantitative estimate of drug-likeness (QED) is 0.495. The van der Waals surface area contributed by atoms with Crippen LogP contribution in [-0.2, 0) is 9.63 Å². The number of fused-ring (bicyclic) bond motifs is 1. The van der Waals surface area contributed by atoms with E-state index in [-0.39, 0.29) is 12.1 Å². The Morgan fingerprint density at radius 1 is 1.23 bits per heavy atom. The number of aliphatic hydroxyl groups is 1. The standard InChI is InChI=1S/C22H28ClN5O3/c1-14-11-18(30)20-19(14)22(25-13-24-20)28-9-7-27(8-10-28)21(26-31-2)17(12-29)15-3-5-16(23)6-4-15/h3-6,12-14,17-18,21,26,30H,7-11H2,1-2H3/t14-,17?,18-,21?/m1/s1. The van der Waals surface area contributed by atoms with Gasteiger partial charge in [0.15, 0.2) is 0 Å². The van der Waals surface area contributed by atoms with Gasteiger partial charge in [-0.15, -0.1) is 0 Å². The molecule has 2 unspecified atom stereocenters. The molecule has 4 atom stereocenters. The number of anilines is 1. The van der Waals surface area contributed by atoms with Gasteiger partial charge in [-0.3, -0.25) is 4.90 Å². The van der Waals surface area contributed by atoms with E-state index >= 15 is 0 Å². The van der Waals surface area contributed by atoms with E-state index in [9.17, 15) is 9.90 Å². The summed E-state index contributed by atoms with van der Waals surface area (Å²) in [6.45, 7) is 5.07. The van der Waals surface area contributed by atoms with E-state index in [4.69, 9.17) is 16.4 Å². The van der Waals surface area contributed by atoms with Crippen molar-refractivity contribution in [2.24, 2.45) is 0 Å². The van der Waals surface area contributed by atoms with Gasteiger partial charge in [-0.1, -0.05) is 30.7 Å². The first-order chi connectivity index (χ1) is 15.0. The van der Waals surface area contributed by atoms with Crippen LogP contribution in [0.2, 0.25) is 5.02 Å². The molecule has 2 N–H and O–H groups in total. The van der Waals surface area contributed by atoms with Crippen molar-refractivity contribution in [2.45, 2.75) is 37.5 Å². The van der Waals surface area contributed by atoms with Gasteiger partial charge in [0.2, 0.25) is 0 Å². The van der Waals surface area contributed by atoms with E-state index in [1.165, 1.54) is 0 Å². The molecule has 0 bridgehead atoms. The Labute approximate surface area is 187 Å². The average molecular weight is 446 g/mol. The third-order valence-corrected chi connectivity index (χ3v) is 6.52. The monoisotopic (exact) mass is 445 g/mol. The predicted octanol–water partition coefficient (Wildman–Crippen LogP) is 2.25. The molecule has 2 aromatic rings. The van der Waals surface area contributed by atoms with Crippen LogP contribution in [0.3, 0.4) is 0 Å². The summed E-state index contributed by atoms with van der Waals surface area (Å²) in [6, 6.07) is 7.33. The minimum Gasteiger partial charge on any atom is -0.387 e. The molecule has 0 radical (unpaired) electrons. The van der Waals surface area contributed by atoms with E-state index in [0.29, 0.717) is 11.4 Å². The predicted molar refractivity (Wildman–Crippen MR) is 118 cm³/mol. The average Bonchev–Trinajstić information content (AvgIpc) is 3.09. The second-order valence-electron chi connectivity index (χ2n) is 8.15. The van der Waals surface area contributed by atoms with E-state index in [0.717, 1.165) is 55.1 Å². The number of aliphatic hydroxyl groups excluding tert-OH is 1. The van der Waals surface area contributed by atoms with Gasteiger partial charge < -0.3 is 19.6 Å². The maximum atomic E-state index is 12.0. The minimum atomic E-state index is -0.518. The molecule has 1 saturated heterocycles. The van der Waals surface area contributed by atoms with Gasteiger partial charge in [-0.2, -0.15) is 5.48 Å². The molecule has 1 aromatic heterocycles. The number of hydrogen-bond donors (Lipinski definition) is 2. The van der Waals surface area contributed by atoms with Crippen LogP contribution in [0.4, 0.5) is 5.82 Å². The SMILES string of the molecule is CONC(C(C=O)c1ccc(Cl)cc1)N1CCN(c2ncnc3c2[C@H](C)C[C@H]3O)CC1. The van der Waals surface area contributed by atoms with Crippen LogP contribution < -0.4 is 10.4 Å². The number of aldehydes is 1. The topological polar surface area (TPSA) is 90.8 Å². The van der Waals surface area contributed by atoms with Crippen LogP contribution in [-0.4, -0.2) is 65.7 Å². The Kier molecular flexibility index (Phi) is 6.83. The molecule has 1 aliphatic heterocycles. The Morgan fingerprint density at radius 3 is 2.58 bits per heavy atom. The number of aromatic nitrogens is 2. The minimum absolute atomic E-state index is 0.228. The molecule has 166 valence electrons. The van der Waals surface area contributed by atoms with Crippen molar-refractivity contribution < 1.29 is 14.7 Å². The fourth-order valence-corrected chi connectivity index (χ4v) is 4.81. The highest BCUT2D eigenvalue weighted by atomic mass is 35.5. The van der Waals surface area contributed by atoms with E-state index in [2.05, 4.69) is 32.2 Å². The highest BCUT2D eigenvalue weighted by Crippen LogP contribution is 2.42. The van der Waals surface area contributed by atoms with Gasteiger partial charge in [-0.05, 0) is 30.0 Å². The van der Waals surface area contributed by atoms with E-state index in [1.807, 2.05) is 12.1 Å². The summed E-state index contributed by atoms with van der Waals surface area (Å²) in [5.41, 5.74) is 5.70. The molecule has 0 spiro atoms. The highest BCUT2D eigenvalue weighted by molar-refractivity contribution is 6.30. The zero-order valence-electron chi connectivity index (χ0n) is 17.7. The summed E-state index contributed by atoms with van der Waals surface area (Å²) >= 11 is 6.01. The lowest BCUT2D eigenvalue weighted by atomic mass is 9.96.